The standard InChI is InChI=1S/C17H31NO/c1-14(19)16-12-8-4-5-9-13-17(16)18-15-10-6-2-3-7-11-15/h15-18H,2-13H2,1H3. The normalized spacial score (nSPS) is 31.2. The van der Waals surface area contributed by atoms with Crippen LogP contribution in [0.2, 0.25) is 0 Å². The third kappa shape index (κ3) is 4.91. The summed E-state index contributed by atoms with van der Waals surface area (Å²) in [7, 11) is 0. The number of ketones is 1. The molecule has 2 aliphatic carbocycles. The molecule has 110 valence electrons. The predicted octanol–water partition coefficient (Wildman–Crippen LogP) is 4.23. The fourth-order valence-electron chi connectivity index (χ4n) is 3.92. The van der Waals surface area contributed by atoms with Crippen molar-refractivity contribution in [3.05, 3.63) is 0 Å². The Morgan fingerprint density at radius 3 is 1.89 bits per heavy atom. The van der Waals surface area contributed by atoms with E-state index in [1.807, 2.05) is 0 Å². The highest BCUT2D eigenvalue weighted by Gasteiger charge is 2.28. The van der Waals surface area contributed by atoms with Gasteiger partial charge in [0.2, 0.25) is 0 Å². The van der Waals surface area contributed by atoms with Gasteiger partial charge in [0.05, 0.1) is 0 Å². The SMILES string of the molecule is CC(=O)C1CCCCCCC1NC1CCCCCC1. The molecule has 2 rings (SSSR count). The van der Waals surface area contributed by atoms with Crippen LogP contribution in [0.3, 0.4) is 0 Å². The summed E-state index contributed by atoms with van der Waals surface area (Å²) in [5.74, 6) is 0.691. The number of carbonyl (C=O) groups is 1. The van der Waals surface area contributed by atoms with Crippen LogP contribution in [0.4, 0.5) is 0 Å². The molecule has 0 saturated heterocycles. The molecule has 19 heavy (non-hydrogen) atoms. The van der Waals surface area contributed by atoms with Crippen molar-refractivity contribution in [3.63, 3.8) is 0 Å². The van der Waals surface area contributed by atoms with Crippen LogP contribution >= 0.6 is 0 Å². The zero-order valence-electron chi connectivity index (χ0n) is 12.6. The monoisotopic (exact) mass is 265 g/mol. The number of rotatable bonds is 3. The second-order valence-electron chi connectivity index (χ2n) is 6.67. The highest BCUT2D eigenvalue weighted by Crippen LogP contribution is 2.26. The summed E-state index contributed by atoms with van der Waals surface area (Å²) in [6, 6.07) is 1.13. The first-order valence-electron chi connectivity index (χ1n) is 8.54. The van der Waals surface area contributed by atoms with Crippen LogP contribution in [0.1, 0.15) is 84.0 Å². The first kappa shape index (κ1) is 15.0. The highest BCUT2D eigenvalue weighted by atomic mass is 16.1. The van der Waals surface area contributed by atoms with E-state index in [0.717, 1.165) is 6.42 Å². The van der Waals surface area contributed by atoms with E-state index < -0.39 is 0 Å². The maximum atomic E-state index is 11.9. The maximum Gasteiger partial charge on any atom is 0.134 e. The van der Waals surface area contributed by atoms with Crippen LogP contribution in [0.25, 0.3) is 0 Å². The summed E-state index contributed by atoms with van der Waals surface area (Å²) < 4.78 is 0. The number of carbonyl (C=O) groups excluding carboxylic acids is 1. The maximum absolute atomic E-state index is 11.9. The molecule has 0 aromatic heterocycles. The Balaban J connectivity index is 1.93. The van der Waals surface area contributed by atoms with Crippen LogP contribution in [-0.2, 0) is 4.79 Å². The number of hydrogen-bond donors (Lipinski definition) is 1. The Kier molecular flexibility index (Phi) is 6.36. The zero-order chi connectivity index (χ0) is 13.5. The van der Waals surface area contributed by atoms with Gasteiger partial charge in [-0.1, -0.05) is 51.4 Å². The molecule has 1 N–H and O–H groups in total. The molecular formula is C17H31NO. The van der Waals surface area contributed by atoms with Crippen molar-refractivity contribution in [2.45, 2.75) is 96.1 Å². The highest BCUT2D eigenvalue weighted by molar-refractivity contribution is 5.79. The van der Waals surface area contributed by atoms with Crippen LogP contribution in [0, 0.1) is 5.92 Å². The van der Waals surface area contributed by atoms with Crippen molar-refractivity contribution >= 4 is 5.78 Å². The second-order valence-corrected chi connectivity index (χ2v) is 6.67. The summed E-state index contributed by atoms with van der Waals surface area (Å²) >= 11 is 0. The fourth-order valence-corrected chi connectivity index (χ4v) is 3.92. The second kappa shape index (κ2) is 8.04. The first-order chi connectivity index (χ1) is 9.27. The van der Waals surface area contributed by atoms with E-state index in [-0.39, 0.29) is 5.92 Å². The molecule has 2 unspecified atom stereocenters. The minimum Gasteiger partial charge on any atom is -0.311 e. The molecule has 2 atom stereocenters. The minimum absolute atomic E-state index is 0.281. The van der Waals surface area contributed by atoms with Crippen molar-refractivity contribution in [1.82, 2.24) is 5.32 Å². The van der Waals surface area contributed by atoms with E-state index in [0.29, 0.717) is 17.9 Å². The molecule has 2 fully saturated rings. The number of Topliss-reactive ketones (excluding diaryl/α,β-unsaturated/α-hetero) is 1. The van der Waals surface area contributed by atoms with Crippen molar-refractivity contribution in [2.24, 2.45) is 5.92 Å². The Morgan fingerprint density at radius 1 is 0.789 bits per heavy atom. The Labute approximate surface area is 118 Å². The molecule has 0 amide bonds. The lowest BCUT2D eigenvalue weighted by Crippen LogP contribution is -2.45. The molecule has 2 saturated carbocycles. The van der Waals surface area contributed by atoms with Gasteiger partial charge in [-0.25, -0.2) is 0 Å². The van der Waals surface area contributed by atoms with Crippen LogP contribution in [0.5, 0.6) is 0 Å². The minimum atomic E-state index is 0.281. The third-order valence-corrected chi connectivity index (χ3v) is 5.09. The van der Waals surface area contributed by atoms with Gasteiger partial charge in [-0.15, -0.1) is 0 Å². The molecule has 0 aliphatic heterocycles. The van der Waals surface area contributed by atoms with Crippen molar-refractivity contribution < 1.29 is 4.79 Å². The van der Waals surface area contributed by atoms with Crippen molar-refractivity contribution in [1.29, 1.82) is 0 Å². The Bertz CT molecular complexity index is 268. The summed E-state index contributed by atoms with van der Waals surface area (Å²) in [6.45, 7) is 1.80. The molecule has 0 heterocycles. The van der Waals surface area contributed by atoms with Gasteiger partial charge in [0.1, 0.15) is 5.78 Å². The molecule has 2 heteroatoms. The summed E-state index contributed by atoms with van der Waals surface area (Å²) in [5.41, 5.74) is 0. The van der Waals surface area contributed by atoms with E-state index in [2.05, 4.69) is 5.32 Å². The summed E-state index contributed by atoms with van der Waals surface area (Å²) in [6.07, 6.45) is 15.7. The average molecular weight is 265 g/mol. The van der Waals surface area contributed by atoms with Gasteiger partial charge < -0.3 is 5.32 Å². The van der Waals surface area contributed by atoms with E-state index in [1.165, 1.54) is 70.6 Å². The molecule has 2 nitrogen and oxygen atoms in total. The average Bonchev–Trinajstić information content (AvgIpc) is 2.60. The van der Waals surface area contributed by atoms with Gasteiger partial charge in [0.25, 0.3) is 0 Å². The Morgan fingerprint density at radius 2 is 1.32 bits per heavy atom. The lowest BCUT2D eigenvalue weighted by molar-refractivity contribution is -0.122. The van der Waals surface area contributed by atoms with Gasteiger partial charge in [-0.3, -0.25) is 4.79 Å². The zero-order valence-corrected chi connectivity index (χ0v) is 12.6. The summed E-state index contributed by atoms with van der Waals surface area (Å²) in [5, 5.41) is 3.88. The van der Waals surface area contributed by atoms with Gasteiger partial charge in [0, 0.05) is 18.0 Å². The van der Waals surface area contributed by atoms with Gasteiger partial charge in [-0.2, -0.15) is 0 Å². The van der Waals surface area contributed by atoms with Gasteiger partial charge >= 0.3 is 0 Å². The van der Waals surface area contributed by atoms with Gasteiger partial charge in [0.15, 0.2) is 0 Å². The van der Waals surface area contributed by atoms with Crippen LogP contribution < -0.4 is 5.32 Å². The lowest BCUT2D eigenvalue weighted by atomic mass is 9.83. The molecule has 0 aromatic rings. The van der Waals surface area contributed by atoms with E-state index in [4.69, 9.17) is 0 Å². The molecule has 0 bridgehead atoms. The molecular weight excluding hydrogens is 234 g/mol. The van der Waals surface area contributed by atoms with E-state index in [1.54, 1.807) is 6.92 Å². The van der Waals surface area contributed by atoms with Crippen LogP contribution in [0.15, 0.2) is 0 Å². The Hall–Kier alpha value is -0.370. The molecule has 0 aromatic carbocycles. The quantitative estimate of drug-likeness (QED) is 0.774. The van der Waals surface area contributed by atoms with E-state index >= 15 is 0 Å². The summed E-state index contributed by atoms with van der Waals surface area (Å²) in [4.78, 5) is 11.9. The fraction of sp³-hybridized carbons (Fsp3) is 0.941. The largest absolute Gasteiger partial charge is 0.311 e. The van der Waals surface area contributed by atoms with Gasteiger partial charge in [-0.05, 0) is 32.6 Å². The first-order valence-corrected chi connectivity index (χ1v) is 8.54. The number of nitrogens with one attached hydrogen (secondary N) is 1. The van der Waals surface area contributed by atoms with Crippen molar-refractivity contribution in [2.75, 3.05) is 0 Å². The smallest absolute Gasteiger partial charge is 0.134 e. The topological polar surface area (TPSA) is 29.1 Å². The van der Waals surface area contributed by atoms with E-state index in [9.17, 15) is 4.79 Å². The third-order valence-electron chi connectivity index (χ3n) is 5.09. The molecule has 0 radical (unpaired) electrons. The van der Waals surface area contributed by atoms with Crippen molar-refractivity contribution in [3.8, 4) is 0 Å². The predicted molar refractivity (Wildman–Crippen MR) is 80.3 cm³/mol. The number of hydrogen-bond acceptors (Lipinski definition) is 2. The molecule has 2 aliphatic rings. The lowest BCUT2D eigenvalue weighted by Gasteiger charge is -2.32. The van der Waals surface area contributed by atoms with Crippen LogP contribution in [-0.4, -0.2) is 17.9 Å². The molecule has 0 spiro atoms.